The summed E-state index contributed by atoms with van der Waals surface area (Å²) in [6, 6.07) is 7.48. The van der Waals surface area contributed by atoms with Crippen LogP contribution in [0, 0.1) is 12.3 Å². The van der Waals surface area contributed by atoms with E-state index in [-0.39, 0.29) is 18.3 Å². The number of ether oxygens (including phenoxy) is 1. The molecule has 1 aliphatic rings. The molecule has 3 rings (SSSR count). The number of aryl methyl sites for hydroxylation is 1. The van der Waals surface area contributed by atoms with Crippen molar-refractivity contribution in [2.45, 2.75) is 25.7 Å². The van der Waals surface area contributed by atoms with E-state index in [0.717, 1.165) is 24.0 Å². The van der Waals surface area contributed by atoms with E-state index in [9.17, 15) is 18.0 Å². The zero-order valence-corrected chi connectivity index (χ0v) is 17.3. The minimum Gasteiger partial charge on any atom is -0.366 e. The molecule has 1 aromatic carbocycles. The minimum atomic E-state index is -4.45. The first-order valence-electron chi connectivity index (χ1n) is 9.88. The largest absolute Gasteiger partial charge is 0.417 e. The van der Waals surface area contributed by atoms with Crippen LogP contribution in [-0.2, 0) is 10.9 Å². The van der Waals surface area contributed by atoms with Crippen LogP contribution in [0.5, 0.6) is 0 Å². The van der Waals surface area contributed by atoms with Crippen molar-refractivity contribution in [2.75, 3.05) is 30.4 Å². The second-order valence-electron chi connectivity index (χ2n) is 7.09. The molecule has 1 atom stereocenters. The summed E-state index contributed by atoms with van der Waals surface area (Å²) in [5.41, 5.74) is 3.70. The summed E-state index contributed by atoms with van der Waals surface area (Å²) in [5.74, 6) is -0.0217. The highest BCUT2D eigenvalue weighted by atomic mass is 19.4. The van der Waals surface area contributed by atoms with Gasteiger partial charge in [-0.1, -0.05) is 11.6 Å². The van der Waals surface area contributed by atoms with Crippen LogP contribution in [0.15, 0.2) is 41.6 Å². The summed E-state index contributed by atoms with van der Waals surface area (Å²) in [7, 11) is 0. The summed E-state index contributed by atoms with van der Waals surface area (Å²) in [5, 5.41) is 13.8. The molecule has 11 heteroatoms. The van der Waals surface area contributed by atoms with E-state index in [4.69, 9.17) is 10.1 Å². The molecule has 3 N–H and O–H groups in total. The van der Waals surface area contributed by atoms with E-state index in [0.29, 0.717) is 30.8 Å². The number of nitrogens with zero attached hydrogens (tertiary/aromatic N) is 3. The number of pyridine rings is 1. The Bertz CT molecular complexity index is 978. The van der Waals surface area contributed by atoms with E-state index >= 15 is 0 Å². The van der Waals surface area contributed by atoms with Crippen molar-refractivity contribution in [3.05, 3.63) is 53.2 Å². The van der Waals surface area contributed by atoms with Crippen LogP contribution < -0.4 is 10.7 Å². The lowest BCUT2D eigenvalue weighted by molar-refractivity contribution is -0.137. The van der Waals surface area contributed by atoms with Crippen molar-refractivity contribution < 1.29 is 22.7 Å². The Morgan fingerprint density at radius 3 is 2.88 bits per heavy atom. The second kappa shape index (κ2) is 10.2. The number of hydrazone groups is 1. The molecule has 0 bridgehead atoms. The Morgan fingerprint density at radius 1 is 1.38 bits per heavy atom. The van der Waals surface area contributed by atoms with Gasteiger partial charge in [-0.25, -0.2) is 4.98 Å². The maximum Gasteiger partial charge on any atom is 0.417 e. The van der Waals surface area contributed by atoms with Crippen LogP contribution in [-0.4, -0.2) is 54.1 Å². The van der Waals surface area contributed by atoms with Crippen LogP contribution in [0.25, 0.3) is 0 Å². The van der Waals surface area contributed by atoms with Gasteiger partial charge in [-0.05, 0) is 37.6 Å². The SMILES string of the molecule is Cc1ccc(N/N=C\C=N)c(C(=O)N2CCCOC2CNc2ccc(C(F)(F)F)cn2)c1. The average molecular weight is 448 g/mol. The number of carbonyl (C=O) groups excluding carboxylic acids is 1. The van der Waals surface area contributed by atoms with Gasteiger partial charge >= 0.3 is 6.18 Å². The van der Waals surface area contributed by atoms with Crippen molar-refractivity contribution in [1.29, 1.82) is 5.41 Å². The molecular formula is C21H23F3N6O2. The van der Waals surface area contributed by atoms with E-state index < -0.39 is 18.0 Å². The van der Waals surface area contributed by atoms with Crippen LogP contribution in [0.3, 0.4) is 0 Å². The molecule has 0 spiro atoms. The van der Waals surface area contributed by atoms with Gasteiger partial charge in [0, 0.05) is 19.0 Å². The Kier molecular flexibility index (Phi) is 7.41. The Balaban J connectivity index is 1.74. The van der Waals surface area contributed by atoms with Crippen LogP contribution in [0.4, 0.5) is 24.7 Å². The molecule has 1 saturated heterocycles. The van der Waals surface area contributed by atoms with Crippen molar-refractivity contribution >= 4 is 29.8 Å². The van der Waals surface area contributed by atoms with Crippen molar-refractivity contribution in [3.8, 4) is 0 Å². The number of alkyl halides is 3. The van der Waals surface area contributed by atoms with Crippen molar-refractivity contribution in [2.24, 2.45) is 5.10 Å². The van der Waals surface area contributed by atoms with Crippen LogP contribution >= 0.6 is 0 Å². The van der Waals surface area contributed by atoms with Gasteiger partial charge in [0.2, 0.25) is 0 Å². The zero-order chi connectivity index (χ0) is 23.1. The maximum absolute atomic E-state index is 13.3. The average Bonchev–Trinajstić information content (AvgIpc) is 2.78. The van der Waals surface area contributed by atoms with E-state index in [1.54, 1.807) is 17.0 Å². The molecule has 0 radical (unpaired) electrons. The monoisotopic (exact) mass is 448 g/mol. The number of hydrogen-bond acceptors (Lipinski definition) is 7. The Morgan fingerprint density at radius 2 is 2.19 bits per heavy atom. The van der Waals surface area contributed by atoms with Gasteiger partial charge in [0.05, 0.1) is 36.2 Å². The summed E-state index contributed by atoms with van der Waals surface area (Å²) in [6.45, 7) is 2.94. The molecule has 170 valence electrons. The molecule has 2 aromatic rings. The third-order valence-corrected chi connectivity index (χ3v) is 4.75. The normalized spacial score (nSPS) is 16.8. The molecule has 0 saturated carbocycles. The predicted octanol–water partition coefficient (Wildman–Crippen LogP) is 3.76. The minimum absolute atomic E-state index is 0.157. The quantitative estimate of drug-likeness (QED) is 0.442. The number of amides is 1. The summed E-state index contributed by atoms with van der Waals surface area (Å²) in [6.07, 6.45) is -1.41. The Hall–Kier alpha value is -3.47. The molecule has 1 aromatic heterocycles. The first-order valence-corrected chi connectivity index (χ1v) is 9.88. The van der Waals surface area contributed by atoms with Gasteiger partial charge in [0.15, 0.2) is 0 Å². The van der Waals surface area contributed by atoms with Gasteiger partial charge in [-0.3, -0.25) is 10.2 Å². The predicted molar refractivity (Wildman–Crippen MR) is 115 cm³/mol. The molecule has 2 heterocycles. The number of carbonyl (C=O) groups is 1. The van der Waals surface area contributed by atoms with E-state index in [1.807, 2.05) is 13.0 Å². The van der Waals surface area contributed by atoms with E-state index in [1.165, 1.54) is 12.3 Å². The topological polar surface area (TPSA) is 103 Å². The van der Waals surface area contributed by atoms with E-state index in [2.05, 4.69) is 20.8 Å². The lowest BCUT2D eigenvalue weighted by Gasteiger charge is -2.36. The van der Waals surface area contributed by atoms with Crippen LogP contribution in [0.1, 0.15) is 27.9 Å². The number of anilines is 2. The van der Waals surface area contributed by atoms with Crippen molar-refractivity contribution in [3.63, 3.8) is 0 Å². The molecular weight excluding hydrogens is 425 g/mol. The highest BCUT2D eigenvalue weighted by Gasteiger charge is 2.31. The molecule has 1 amide bonds. The van der Waals surface area contributed by atoms with Gasteiger partial charge in [0.25, 0.3) is 5.91 Å². The van der Waals surface area contributed by atoms with Gasteiger partial charge < -0.3 is 20.4 Å². The third kappa shape index (κ3) is 5.82. The lowest BCUT2D eigenvalue weighted by atomic mass is 10.1. The standard InChI is InChI=1S/C21H23F3N6O2/c1-14-3-5-17(29-28-8-7-25)16(11-14)20(31)30-9-2-10-32-19(30)13-27-18-6-4-15(12-26-18)21(22,23)24/h3-8,11-12,19,25,29H,2,9-10,13H2,1H3,(H,26,27)/b25-7?,28-8-. The van der Waals surface area contributed by atoms with Crippen LogP contribution in [0.2, 0.25) is 0 Å². The third-order valence-electron chi connectivity index (χ3n) is 4.75. The maximum atomic E-state index is 13.3. The lowest BCUT2D eigenvalue weighted by Crippen LogP contribution is -2.49. The first kappa shape index (κ1) is 23.2. The van der Waals surface area contributed by atoms with Gasteiger partial charge in [-0.2, -0.15) is 18.3 Å². The summed E-state index contributed by atoms with van der Waals surface area (Å²) >= 11 is 0. The smallest absolute Gasteiger partial charge is 0.366 e. The number of benzene rings is 1. The molecule has 1 fully saturated rings. The van der Waals surface area contributed by atoms with Crippen molar-refractivity contribution in [1.82, 2.24) is 9.88 Å². The number of hydrogen-bond donors (Lipinski definition) is 3. The number of halogens is 3. The highest BCUT2D eigenvalue weighted by molar-refractivity contribution is 6.14. The summed E-state index contributed by atoms with van der Waals surface area (Å²) < 4.78 is 43.9. The molecule has 1 unspecified atom stereocenters. The highest BCUT2D eigenvalue weighted by Crippen LogP contribution is 2.29. The zero-order valence-electron chi connectivity index (χ0n) is 17.3. The molecule has 0 aliphatic carbocycles. The summed E-state index contributed by atoms with van der Waals surface area (Å²) in [4.78, 5) is 18.7. The molecule has 32 heavy (non-hydrogen) atoms. The first-order chi connectivity index (χ1) is 15.3. The number of aromatic nitrogens is 1. The van der Waals surface area contributed by atoms with Gasteiger partial charge in [-0.15, -0.1) is 0 Å². The fraction of sp³-hybridized carbons (Fsp3) is 0.333. The Labute approximate surface area is 183 Å². The molecule has 1 aliphatic heterocycles. The number of rotatable bonds is 7. The number of nitrogens with one attached hydrogen (secondary N) is 3. The molecule has 8 nitrogen and oxygen atoms in total. The van der Waals surface area contributed by atoms with Gasteiger partial charge in [0.1, 0.15) is 12.0 Å². The fourth-order valence-corrected chi connectivity index (χ4v) is 3.18. The second-order valence-corrected chi connectivity index (χ2v) is 7.09. The fourth-order valence-electron chi connectivity index (χ4n) is 3.18.